The van der Waals surface area contributed by atoms with Gasteiger partial charge in [-0.1, -0.05) is 30.3 Å². The molecule has 2 atom stereocenters. The third-order valence-corrected chi connectivity index (χ3v) is 4.37. The Kier molecular flexibility index (Phi) is 3.47. The number of nitrogens with zero attached hydrogens (tertiary/aromatic N) is 2. The van der Waals surface area contributed by atoms with Gasteiger partial charge in [-0.25, -0.2) is 4.98 Å². The molecule has 104 valence electrons. The Balaban J connectivity index is 1.86. The zero-order chi connectivity index (χ0) is 14.1. The molecule has 0 saturated carbocycles. The molecule has 1 aliphatic rings. The highest BCUT2D eigenvalue weighted by molar-refractivity contribution is 5.44. The maximum absolute atomic E-state index is 4.68. The quantitative estimate of drug-likeness (QED) is 0.814. The lowest BCUT2D eigenvalue weighted by molar-refractivity contribution is 0.694. The van der Waals surface area contributed by atoms with Crippen LogP contribution >= 0.6 is 0 Å². The molecule has 1 aromatic heterocycles. The normalized spacial score (nSPS) is 22.2. The van der Waals surface area contributed by atoms with Gasteiger partial charge in [-0.15, -0.1) is 0 Å². The maximum Gasteiger partial charge on any atom is 0.129 e. The van der Waals surface area contributed by atoms with E-state index < -0.39 is 0 Å². The topological polar surface area (TPSA) is 16.1 Å². The van der Waals surface area contributed by atoms with Crippen molar-refractivity contribution in [3.8, 4) is 0 Å². The molecule has 0 spiro atoms. The third kappa shape index (κ3) is 2.43. The molecule has 1 saturated heterocycles. The van der Waals surface area contributed by atoms with Crippen LogP contribution in [0.3, 0.4) is 0 Å². The highest BCUT2D eigenvalue weighted by atomic mass is 15.2. The van der Waals surface area contributed by atoms with Gasteiger partial charge >= 0.3 is 0 Å². The van der Waals surface area contributed by atoms with Crippen molar-refractivity contribution < 1.29 is 0 Å². The van der Waals surface area contributed by atoms with E-state index in [0.717, 1.165) is 18.1 Å². The molecule has 2 heteroatoms. The second-order valence-electron chi connectivity index (χ2n) is 5.93. The lowest BCUT2D eigenvalue weighted by Crippen LogP contribution is -2.27. The first kappa shape index (κ1) is 13.2. The van der Waals surface area contributed by atoms with Gasteiger partial charge in [0.25, 0.3) is 0 Å². The van der Waals surface area contributed by atoms with Crippen LogP contribution in [0, 0.1) is 13.8 Å². The number of aryl methyl sites for hydroxylation is 2. The van der Waals surface area contributed by atoms with E-state index in [4.69, 9.17) is 0 Å². The standard InChI is InChI=1S/C18H22N2/c1-13-7-4-5-9-17(13)16-11-15(3)20(12-16)18-10-6-8-14(2)19-18/h4-10,15-16H,11-12H2,1-3H3. The first-order valence-electron chi connectivity index (χ1n) is 7.41. The molecule has 1 aromatic carbocycles. The number of anilines is 1. The largest absolute Gasteiger partial charge is 0.353 e. The van der Waals surface area contributed by atoms with Gasteiger partial charge in [0.15, 0.2) is 0 Å². The fraction of sp³-hybridized carbons (Fsp3) is 0.389. The Morgan fingerprint density at radius 3 is 2.60 bits per heavy atom. The minimum absolute atomic E-state index is 0.550. The number of hydrogen-bond donors (Lipinski definition) is 0. The summed E-state index contributed by atoms with van der Waals surface area (Å²) in [6.45, 7) is 7.65. The predicted molar refractivity (Wildman–Crippen MR) is 84.3 cm³/mol. The maximum atomic E-state index is 4.68. The highest BCUT2D eigenvalue weighted by Crippen LogP contribution is 2.35. The number of pyridine rings is 1. The SMILES string of the molecule is Cc1cccc(N2CC(c3ccccc3C)CC2C)n1. The van der Waals surface area contributed by atoms with E-state index in [1.54, 1.807) is 0 Å². The zero-order valence-electron chi connectivity index (χ0n) is 12.5. The number of aromatic nitrogens is 1. The van der Waals surface area contributed by atoms with E-state index in [1.165, 1.54) is 17.5 Å². The van der Waals surface area contributed by atoms with Crippen LogP contribution < -0.4 is 4.90 Å². The monoisotopic (exact) mass is 266 g/mol. The van der Waals surface area contributed by atoms with Crippen LogP contribution in [0.4, 0.5) is 5.82 Å². The van der Waals surface area contributed by atoms with Gasteiger partial charge < -0.3 is 4.90 Å². The molecular formula is C18H22N2. The Labute approximate surface area is 121 Å². The summed E-state index contributed by atoms with van der Waals surface area (Å²) in [7, 11) is 0. The summed E-state index contributed by atoms with van der Waals surface area (Å²) in [5.41, 5.74) is 3.99. The molecule has 20 heavy (non-hydrogen) atoms. The van der Waals surface area contributed by atoms with Crippen molar-refractivity contribution in [3.63, 3.8) is 0 Å². The molecule has 2 aromatic rings. The van der Waals surface area contributed by atoms with E-state index in [0.29, 0.717) is 12.0 Å². The summed E-state index contributed by atoms with van der Waals surface area (Å²) >= 11 is 0. The van der Waals surface area contributed by atoms with Crippen LogP contribution in [0.1, 0.15) is 36.1 Å². The Morgan fingerprint density at radius 2 is 1.85 bits per heavy atom. The minimum atomic E-state index is 0.550. The zero-order valence-corrected chi connectivity index (χ0v) is 12.5. The van der Waals surface area contributed by atoms with Gasteiger partial charge in [0, 0.05) is 24.2 Å². The second-order valence-corrected chi connectivity index (χ2v) is 5.93. The average Bonchev–Trinajstić information content (AvgIpc) is 2.81. The molecule has 2 nitrogen and oxygen atoms in total. The third-order valence-electron chi connectivity index (χ3n) is 4.37. The van der Waals surface area contributed by atoms with E-state index >= 15 is 0 Å². The van der Waals surface area contributed by atoms with Gasteiger partial charge in [0.05, 0.1) is 0 Å². The second kappa shape index (κ2) is 5.28. The van der Waals surface area contributed by atoms with Crippen LogP contribution in [-0.2, 0) is 0 Å². The molecule has 0 aliphatic carbocycles. The van der Waals surface area contributed by atoms with Crippen LogP contribution in [0.15, 0.2) is 42.5 Å². The van der Waals surface area contributed by atoms with Crippen LogP contribution in [0.25, 0.3) is 0 Å². The van der Waals surface area contributed by atoms with Crippen molar-refractivity contribution in [1.29, 1.82) is 0 Å². The molecule has 0 N–H and O–H groups in total. The molecule has 3 rings (SSSR count). The summed E-state index contributed by atoms with van der Waals surface area (Å²) in [4.78, 5) is 7.13. The fourth-order valence-corrected chi connectivity index (χ4v) is 3.31. The molecule has 1 aliphatic heterocycles. The van der Waals surface area contributed by atoms with E-state index in [1.807, 2.05) is 0 Å². The molecule has 0 radical (unpaired) electrons. The fourth-order valence-electron chi connectivity index (χ4n) is 3.31. The first-order valence-corrected chi connectivity index (χ1v) is 7.41. The van der Waals surface area contributed by atoms with Gasteiger partial charge in [0.2, 0.25) is 0 Å². The van der Waals surface area contributed by atoms with Crippen molar-refractivity contribution in [2.75, 3.05) is 11.4 Å². The van der Waals surface area contributed by atoms with Gasteiger partial charge in [-0.2, -0.15) is 0 Å². The minimum Gasteiger partial charge on any atom is -0.353 e. The Morgan fingerprint density at radius 1 is 1.05 bits per heavy atom. The summed E-state index contributed by atoms with van der Waals surface area (Å²) in [6.07, 6.45) is 1.21. The van der Waals surface area contributed by atoms with E-state index in [9.17, 15) is 0 Å². The Hall–Kier alpha value is -1.83. The predicted octanol–water partition coefficient (Wildman–Crippen LogP) is 4.08. The van der Waals surface area contributed by atoms with Crippen molar-refractivity contribution in [3.05, 3.63) is 59.3 Å². The summed E-state index contributed by atoms with van der Waals surface area (Å²) in [5, 5.41) is 0. The van der Waals surface area contributed by atoms with Crippen LogP contribution in [0.5, 0.6) is 0 Å². The first-order chi connectivity index (χ1) is 9.65. The lowest BCUT2D eigenvalue weighted by atomic mass is 9.93. The molecular weight excluding hydrogens is 244 g/mol. The van der Waals surface area contributed by atoms with Gasteiger partial charge in [0.1, 0.15) is 5.82 Å². The average molecular weight is 266 g/mol. The van der Waals surface area contributed by atoms with Crippen LogP contribution in [-0.4, -0.2) is 17.6 Å². The Bertz CT molecular complexity index is 606. The molecule has 0 bridgehead atoms. The number of rotatable bonds is 2. The van der Waals surface area contributed by atoms with Gasteiger partial charge in [-0.3, -0.25) is 0 Å². The van der Waals surface area contributed by atoms with Crippen molar-refractivity contribution >= 4 is 5.82 Å². The number of hydrogen-bond acceptors (Lipinski definition) is 2. The lowest BCUT2D eigenvalue weighted by Gasteiger charge is -2.23. The highest BCUT2D eigenvalue weighted by Gasteiger charge is 2.31. The van der Waals surface area contributed by atoms with Gasteiger partial charge in [-0.05, 0) is 50.5 Å². The molecule has 1 fully saturated rings. The smallest absolute Gasteiger partial charge is 0.129 e. The molecule has 0 amide bonds. The van der Waals surface area contributed by atoms with Crippen molar-refractivity contribution in [2.45, 2.75) is 39.2 Å². The molecule has 2 unspecified atom stereocenters. The van der Waals surface area contributed by atoms with E-state index in [2.05, 4.69) is 73.1 Å². The summed E-state index contributed by atoms with van der Waals surface area (Å²) in [6, 6.07) is 15.6. The summed E-state index contributed by atoms with van der Waals surface area (Å²) < 4.78 is 0. The number of benzene rings is 1. The van der Waals surface area contributed by atoms with Crippen molar-refractivity contribution in [1.82, 2.24) is 4.98 Å². The molecule has 2 heterocycles. The van der Waals surface area contributed by atoms with Crippen LogP contribution in [0.2, 0.25) is 0 Å². The summed E-state index contributed by atoms with van der Waals surface area (Å²) in [5.74, 6) is 1.74. The van der Waals surface area contributed by atoms with E-state index in [-0.39, 0.29) is 0 Å². The van der Waals surface area contributed by atoms with Crippen molar-refractivity contribution in [2.24, 2.45) is 0 Å².